The summed E-state index contributed by atoms with van der Waals surface area (Å²) in [5.74, 6) is 0.229. The lowest BCUT2D eigenvalue weighted by molar-refractivity contribution is -0.137. The van der Waals surface area contributed by atoms with Gasteiger partial charge in [0.1, 0.15) is 6.61 Å². The molecule has 0 bridgehead atoms. The highest BCUT2D eigenvalue weighted by molar-refractivity contribution is 5.83. The fourth-order valence-corrected chi connectivity index (χ4v) is 2.32. The highest BCUT2D eigenvalue weighted by atomic mass is 19.4. The molecular formula is C17H15F3N4O2. The first-order valence-corrected chi connectivity index (χ1v) is 7.62. The van der Waals surface area contributed by atoms with Crippen LogP contribution in [0.5, 0.6) is 5.88 Å². The third-order valence-electron chi connectivity index (χ3n) is 3.56. The Bertz CT molecular complexity index is 914. The van der Waals surface area contributed by atoms with Crippen LogP contribution in [0.1, 0.15) is 5.56 Å². The van der Waals surface area contributed by atoms with Gasteiger partial charge in [-0.3, -0.25) is 0 Å². The van der Waals surface area contributed by atoms with E-state index >= 15 is 0 Å². The molecule has 3 rings (SSSR count). The smallest absolute Gasteiger partial charge is 0.416 e. The van der Waals surface area contributed by atoms with Gasteiger partial charge in [-0.1, -0.05) is 12.1 Å². The van der Waals surface area contributed by atoms with Gasteiger partial charge in [-0.15, -0.1) is 0 Å². The number of nitrogens with zero attached hydrogens (tertiary/aromatic N) is 3. The molecule has 0 aliphatic carbocycles. The van der Waals surface area contributed by atoms with E-state index in [1.165, 1.54) is 19.2 Å². The van der Waals surface area contributed by atoms with Crippen LogP contribution in [0, 0.1) is 0 Å². The van der Waals surface area contributed by atoms with E-state index in [1.54, 1.807) is 12.1 Å². The van der Waals surface area contributed by atoms with Crippen LogP contribution >= 0.6 is 0 Å². The molecule has 2 heterocycles. The number of ether oxygens (including phenoxy) is 2. The second-order valence-electron chi connectivity index (χ2n) is 5.37. The number of methoxy groups -OCH3 is 1. The van der Waals surface area contributed by atoms with E-state index in [1.807, 2.05) is 0 Å². The van der Waals surface area contributed by atoms with Gasteiger partial charge in [0.15, 0.2) is 5.52 Å². The normalized spacial score (nSPS) is 11.7. The number of hydrogen-bond donors (Lipinski definition) is 1. The second-order valence-corrected chi connectivity index (χ2v) is 5.37. The van der Waals surface area contributed by atoms with Gasteiger partial charge in [0.2, 0.25) is 11.8 Å². The minimum atomic E-state index is -4.39. The first-order valence-electron chi connectivity index (χ1n) is 7.62. The number of alkyl halides is 3. The van der Waals surface area contributed by atoms with Crippen molar-refractivity contribution in [3.8, 4) is 17.1 Å². The molecule has 0 unspecified atom stereocenters. The van der Waals surface area contributed by atoms with Gasteiger partial charge < -0.3 is 15.2 Å². The third kappa shape index (κ3) is 3.83. The Labute approximate surface area is 146 Å². The zero-order valence-electron chi connectivity index (χ0n) is 13.7. The lowest BCUT2D eigenvalue weighted by Gasteiger charge is -2.10. The second kappa shape index (κ2) is 7.12. The number of rotatable bonds is 5. The van der Waals surface area contributed by atoms with Crippen LogP contribution in [0.4, 0.5) is 19.1 Å². The lowest BCUT2D eigenvalue weighted by Crippen LogP contribution is -2.08. The predicted octanol–water partition coefficient (Wildman–Crippen LogP) is 3.32. The number of halogens is 3. The molecule has 0 spiro atoms. The SMILES string of the molecule is COCCOc1nc(N)nc2ccc(-c3ccc(C(F)(F)F)cc3)nc12. The fraction of sp³-hybridized carbons (Fsp3) is 0.235. The molecule has 3 aromatic rings. The molecule has 0 radical (unpaired) electrons. The van der Waals surface area contributed by atoms with E-state index in [-0.39, 0.29) is 18.4 Å². The Kier molecular flexibility index (Phi) is 4.90. The van der Waals surface area contributed by atoms with Gasteiger partial charge >= 0.3 is 6.18 Å². The number of pyridine rings is 1. The molecule has 0 amide bonds. The molecular weight excluding hydrogens is 349 g/mol. The van der Waals surface area contributed by atoms with E-state index in [4.69, 9.17) is 15.2 Å². The number of anilines is 1. The Balaban J connectivity index is 1.99. The van der Waals surface area contributed by atoms with E-state index in [9.17, 15) is 13.2 Å². The monoisotopic (exact) mass is 364 g/mol. The standard InChI is InChI=1S/C17H15F3N4O2/c1-25-8-9-26-15-14-13(23-16(21)24-15)7-6-12(22-14)10-2-4-11(5-3-10)17(18,19)20/h2-7H,8-9H2,1H3,(H2,21,23,24). The summed E-state index contributed by atoms with van der Waals surface area (Å²) in [4.78, 5) is 12.6. The lowest BCUT2D eigenvalue weighted by atomic mass is 10.1. The van der Waals surface area contributed by atoms with Crippen molar-refractivity contribution >= 4 is 17.0 Å². The Hall–Kier alpha value is -2.94. The maximum atomic E-state index is 12.7. The summed E-state index contributed by atoms with van der Waals surface area (Å²) in [6, 6.07) is 8.06. The number of fused-ring (bicyclic) bond motifs is 1. The number of benzene rings is 1. The molecule has 9 heteroatoms. The van der Waals surface area contributed by atoms with Crippen molar-refractivity contribution < 1.29 is 22.6 Å². The van der Waals surface area contributed by atoms with Crippen molar-refractivity contribution in [2.75, 3.05) is 26.1 Å². The molecule has 0 fully saturated rings. The van der Waals surface area contributed by atoms with Gasteiger partial charge in [-0.2, -0.15) is 18.2 Å². The average Bonchev–Trinajstić information content (AvgIpc) is 2.61. The van der Waals surface area contributed by atoms with Crippen molar-refractivity contribution in [2.45, 2.75) is 6.18 Å². The maximum Gasteiger partial charge on any atom is 0.416 e. The van der Waals surface area contributed by atoms with Crippen LogP contribution in [0.15, 0.2) is 36.4 Å². The van der Waals surface area contributed by atoms with Crippen molar-refractivity contribution in [3.05, 3.63) is 42.0 Å². The summed E-state index contributed by atoms with van der Waals surface area (Å²) in [7, 11) is 1.54. The van der Waals surface area contributed by atoms with Crippen molar-refractivity contribution in [3.63, 3.8) is 0 Å². The minimum absolute atomic E-state index is 0.0361. The first-order chi connectivity index (χ1) is 12.4. The van der Waals surface area contributed by atoms with Gasteiger partial charge in [-0.25, -0.2) is 9.97 Å². The Morgan fingerprint density at radius 3 is 2.35 bits per heavy atom. The van der Waals surface area contributed by atoms with Crippen molar-refractivity contribution in [1.82, 2.24) is 15.0 Å². The molecule has 0 aliphatic rings. The van der Waals surface area contributed by atoms with E-state index < -0.39 is 11.7 Å². The fourth-order valence-electron chi connectivity index (χ4n) is 2.32. The molecule has 0 aliphatic heterocycles. The Morgan fingerprint density at radius 2 is 1.69 bits per heavy atom. The number of nitrogen functional groups attached to an aromatic ring is 1. The molecule has 6 nitrogen and oxygen atoms in total. The molecule has 1 aromatic carbocycles. The van der Waals surface area contributed by atoms with Gasteiger partial charge in [-0.05, 0) is 24.3 Å². The van der Waals surface area contributed by atoms with Crippen LogP contribution in [0.2, 0.25) is 0 Å². The van der Waals surface area contributed by atoms with Crippen LogP contribution in [-0.2, 0) is 10.9 Å². The van der Waals surface area contributed by atoms with E-state index in [2.05, 4.69) is 15.0 Å². The summed E-state index contributed by atoms with van der Waals surface area (Å²) >= 11 is 0. The summed E-state index contributed by atoms with van der Waals surface area (Å²) < 4.78 is 48.5. The molecule has 0 saturated heterocycles. The van der Waals surface area contributed by atoms with Gasteiger partial charge in [0, 0.05) is 12.7 Å². The minimum Gasteiger partial charge on any atom is -0.474 e. The predicted molar refractivity (Wildman–Crippen MR) is 89.6 cm³/mol. The number of nitrogens with two attached hydrogens (primary N) is 1. The molecule has 136 valence electrons. The maximum absolute atomic E-state index is 12.7. The molecule has 2 aromatic heterocycles. The number of aromatic nitrogens is 3. The topological polar surface area (TPSA) is 83.2 Å². The zero-order valence-corrected chi connectivity index (χ0v) is 13.7. The van der Waals surface area contributed by atoms with E-state index in [0.29, 0.717) is 28.9 Å². The van der Waals surface area contributed by atoms with Crippen LogP contribution < -0.4 is 10.5 Å². The summed E-state index contributed by atoms with van der Waals surface area (Å²) in [6.45, 7) is 0.595. The zero-order chi connectivity index (χ0) is 18.7. The first kappa shape index (κ1) is 17.9. The average molecular weight is 364 g/mol. The van der Waals surface area contributed by atoms with Crippen molar-refractivity contribution in [1.29, 1.82) is 0 Å². The van der Waals surface area contributed by atoms with Crippen LogP contribution in [-0.4, -0.2) is 35.3 Å². The summed E-state index contributed by atoms with van der Waals surface area (Å²) in [5.41, 5.74) is 6.78. The summed E-state index contributed by atoms with van der Waals surface area (Å²) in [6.07, 6.45) is -4.39. The molecule has 26 heavy (non-hydrogen) atoms. The largest absolute Gasteiger partial charge is 0.474 e. The Morgan fingerprint density at radius 1 is 0.962 bits per heavy atom. The molecule has 0 atom stereocenters. The number of hydrogen-bond acceptors (Lipinski definition) is 6. The molecule has 0 saturated carbocycles. The van der Waals surface area contributed by atoms with Crippen LogP contribution in [0.25, 0.3) is 22.3 Å². The van der Waals surface area contributed by atoms with Crippen LogP contribution in [0.3, 0.4) is 0 Å². The third-order valence-corrected chi connectivity index (χ3v) is 3.56. The van der Waals surface area contributed by atoms with Gasteiger partial charge in [0.05, 0.1) is 23.4 Å². The van der Waals surface area contributed by atoms with E-state index in [0.717, 1.165) is 12.1 Å². The quantitative estimate of drug-likeness (QED) is 0.700. The summed E-state index contributed by atoms with van der Waals surface area (Å²) in [5, 5.41) is 0. The van der Waals surface area contributed by atoms with Crippen molar-refractivity contribution in [2.24, 2.45) is 0 Å². The molecule has 2 N–H and O–H groups in total. The highest BCUT2D eigenvalue weighted by Crippen LogP contribution is 2.31. The highest BCUT2D eigenvalue weighted by Gasteiger charge is 2.30. The van der Waals surface area contributed by atoms with Gasteiger partial charge in [0.25, 0.3) is 0 Å².